The minimum absolute atomic E-state index is 0.0500. The Morgan fingerprint density at radius 2 is 1.91 bits per heavy atom. The number of alkyl halides is 2. The zero-order valence-corrected chi connectivity index (χ0v) is 24.6. The van der Waals surface area contributed by atoms with Crippen molar-refractivity contribution >= 4 is 17.7 Å². The molecule has 3 aliphatic rings. The lowest BCUT2D eigenvalue weighted by Crippen LogP contribution is -2.45. The molecule has 5 rings (SSSR count). The van der Waals surface area contributed by atoms with Gasteiger partial charge in [-0.3, -0.25) is 14.4 Å². The molecule has 0 bridgehead atoms. The van der Waals surface area contributed by atoms with Crippen LogP contribution in [0.25, 0.3) is 0 Å². The van der Waals surface area contributed by atoms with Crippen LogP contribution in [-0.2, 0) is 16.1 Å². The number of amides is 3. The highest BCUT2D eigenvalue weighted by Crippen LogP contribution is 2.39. The molecule has 2 atom stereocenters. The van der Waals surface area contributed by atoms with Gasteiger partial charge >= 0.3 is 6.61 Å². The monoisotopic (exact) mass is 600 g/mol. The lowest BCUT2D eigenvalue weighted by molar-refractivity contribution is -0.136. The van der Waals surface area contributed by atoms with Gasteiger partial charge in [-0.2, -0.15) is 8.78 Å². The van der Waals surface area contributed by atoms with E-state index < -0.39 is 19.0 Å². The van der Waals surface area contributed by atoms with E-state index in [1.165, 1.54) is 17.9 Å². The van der Waals surface area contributed by atoms with Gasteiger partial charge in [0.05, 0.1) is 18.8 Å². The number of aromatic nitrogens is 1. The normalized spacial score (nSPS) is 22.5. The van der Waals surface area contributed by atoms with Crippen LogP contribution in [0, 0.1) is 5.92 Å². The molecular formula is C32H40F2N4O5. The second-order valence-corrected chi connectivity index (χ2v) is 11.6. The molecule has 1 aromatic carbocycles. The number of ether oxygens (including phenoxy) is 2. The minimum atomic E-state index is -2.99. The van der Waals surface area contributed by atoms with Crippen LogP contribution >= 0.6 is 0 Å². The summed E-state index contributed by atoms with van der Waals surface area (Å²) in [4.78, 5) is 46.6. The third-order valence-electron chi connectivity index (χ3n) is 8.48. The summed E-state index contributed by atoms with van der Waals surface area (Å²) in [5.74, 6) is -0.530. The van der Waals surface area contributed by atoms with Gasteiger partial charge < -0.3 is 24.6 Å². The van der Waals surface area contributed by atoms with Crippen molar-refractivity contribution in [3.63, 3.8) is 0 Å². The van der Waals surface area contributed by atoms with Crippen LogP contribution in [0.3, 0.4) is 0 Å². The average Bonchev–Trinajstić information content (AvgIpc) is 3.73. The SMILES string of the molecule is [2H]C1([2H])CCC(N(C)C(=O)c2cccc(CNC(=O)[C@H]3CC(c4ccc(OC(F)F)c(OCC5CC5)c4)CN3C(C)=O)n2)CC1. The second-order valence-electron chi connectivity index (χ2n) is 11.6. The van der Waals surface area contributed by atoms with Crippen molar-refractivity contribution < 1.29 is 35.4 Å². The predicted octanol–water partition coefficient (Wildman–Crippen LogP) is 4.90. The van der Waals surface area contributed by atoms with Crippen LogP contribution in [0.1, 0.15) is 88.6 Å². The van der Waals surface area contributed by atoms with E-state index in [1.807, 2.05) is 0 Å². The van der Waals surface area contributed by atoms with Gasteiger partial charge in [0.15, 0.2) is 11.5 Å². The van der Waals surface area contributed by atoms with Gasteiger partial charge in [-0.1, -0.05) is 31.3 Å². The van der Waals surface area contributed by atoms with E-state index in [-0.39, 0.29) is 60.0 Å². The summed E-state index contributed by atoms with van der Waals surface area (Å²) in [7, 11) is 1.71. The molecule has 0 radical (unpaired) electrons. The first-order valence-electron chi connectivity index (χ1n) is 15.9. The summed E-state index contributed by atoms with van der Waals surface area (Å²) in [6.45, 7) is -0.845. The summed E-state index contributed by atoms with van der Waals surface area (Å²) >= 11 is 0. The summed E-state index contributed by atoms with van der Waals surface area (Å²) < 4.78 is 52.3. The van der Waals surface area contributed by atoms with Crippen LogP contribution in [-0.4, -0.2) is 71.4 Å². The molecule has 2 saturated carbocycles. The number of nitrogens with zero attached hydrogens (tertiary/aromatic N) is 3. The van der Waals surface area contributed by atoms with E-state index in [0.717, 1.165) is 18.4 Å². The topological polar surface area (TPSA) is 101 Å². The Labute approximate surface area is 253 Å². The maximum atomic E-state index is 13.4. The van der Waals surface area contributed by atoms with Crippen molar-refractivity contribution in [2.45, 2.75) is 89.4 Å². The van der Waals surface area contributed by atoms with Gasteiger partial charge in [0.25, 0.3) is 5.91 Å². The average molecular weight is 601 g/mol. The van der Waals surface area contributed by atoms with E-state index in [2.05, 4.69) is 15.0 Å². The standard InChI is InChI=1S/C32H40F2N4O5/c1-20(39)38-18-23(22-13-14-28(43-32(33)34)29(16-22)42-19-21-11-12-21)15-27(38)30(40)35-17-24-7-6-10-26(36-24)31(41)37(2)25-8-4-3-5-9-25/h6-7,10,13-14,16,21,23,25,27,32H,3-5,8-9,11-12,15,17-19H2,1-2H3,(H,35,40)/t23?,27-/m1/s1/i3D2. The van der Waals surface area contributed by atoms with Crippen molar-refractivity contribution in [1.29, 1.82) is 0 Å². The Balaban J connectivity index is 1.22. The van der Waals surface area contributed by atoms with Crippen molar-refractivity contribution in [3.05, 3.63) is 53.3 Å². The Hall–Kier alpha value is -3.76. The van der Waals surface area contributed by atoms with Crippen LogP contribution < -0.4 is 14.8 Å². The largest absolute Gasteiger partial charge is 0.489 e. The number of likely N-dealkylation sites (tertiary alicyclic amines) is 1. The molecule has 2 heterocycles. The molecule has 232 valence electrons. The quantitative estimate of drug-likeness (QED) is 0.394. The molecule has 1 unspecified atom stereocenters. The molecule has 2 aliphatic carbocycles. The highest BCUT2D eigenvalue weighted by atomic mass is 19.3. The molecular weight excluding hydrogens is 558 g/mol. The number of hydrogen-bond acceptors (Lipinski definition) is 6. The van der Waals surface area contributed by atoms with Gasteiger partial charge in [-0.05, 0) is 67.9 Å². The zero-order chi connectivity index (χ0) is 32.3. The first kappa shape index (κ1) is 28.0. The number of hydrogen-bond donors (Lipinski definition) is 1. The first-order valence-corrected chi connectivity index (χ1v) is 14.9. The van der Waals surface area contributed by atoms with Crippen LogP contribution in [0.15, 0.2) is 36.4 Å². The fraction of sp³-hybridized carbons (Fsp3) is 0.562. The molecule has 3 amide bonds. The third kappa shape index (κ3) is 7.80. The summed E-state index contributed by atoms with van der Waals surface area (Å²) in [6, 6.07) is 8.99. The van der Waals surface area contributed by atoms with Gasteiger partial charge in [0.2, 0.25) is 11.8 Å². The molecule has 3 fully saturated rings. The molecule has 1 aliphatic heterocycles. The van der Waals surface area contributed by atoms with Crippen LogP contribution in [0.5, 0.6) is 11.5 Å². The van der Waals surface area contributed by atoms with E-state index in [4.69, 9.17) is 7.48 Å². The maximum Gasteiger partial charge on any atom is 0.387 e. The van der Waals surface area contributed by atoms with E-state index in [9.17, 15) is 23.2 Å². The van der Waals surface area contributed by atoms with Crippen molar-refractivity contribution in [3.8, 4) is 11.5 Å². The zero-order valence-electron chi connectivity index (χ0n) is 26.6. The number of pyridine rings is 1. The summed E-state index contributed by atoms with van der Waals surface area (Å²) in [5, 5.41) is 2.86. The Morgan fingerprint density at radius 3 is 2.60 bits per heavy atom. The van der Waals surface area contributed by atoms with Crippen LogP contribution in [0.2, 0.25) is 0 Å². The number of halogens is 2. The first-order chi connectivity index (χ1) is 21.4. The number of rotatable bonds is 11. The Kier molecular flexibility index (Phi) is 8.93. The summed E-state index contributed by atoms with van der Waals surface area (Å²) in [6.07, 6.45) is 3.18. The van der Waals surface area contributed by atoms with Gasteiger partial charge in [0, 0.05) is 35.2 Å². The van der Waals surface area contributed by atoms with E-state index >= 15 is 0 Å². The highest BCUT2D eigenvalue weighted by molar-refractivity contribution is 5.92. The highest BCUT2D eigenvalue weighted by Gasteiger charge is 2.39. The molecule has 2 aromatic rings. The minimum Gasteiger partial charge on any atom is -0.489 e. The number of carbonyl (C=O) groups excluding carboxylic acids is 3. The maximum absolute atomic E-state index is 13.4. The molecule has 1 N–H and O–H groups in total. The predicted molar refractivity (Wildman–Crippen MR) is 155 cm³/mol. The van der Waals surface area contributed by atoms with Gasteiger partial charge in [0.1, 0.15) is 11.7 Å². The van der Waals surface area contributed by atoms with E-state index in [1.54, 1.807) is 42.3 Å². The molecule has 11 heteroatoms. The lowest BCUT2D eigenvalue weighted by Gasteiger charge is -2.31. The van der Waals surface area contributed by atoms with E-state index in [0.29, 0.717) is 50.3 Å². The smallest absolute Gasteiger partial charge is 0.387 e. The Bertz CT molecular complexity index is 1400. The van der Waals surface area contributed by atoms with Crippen LogP contribution in [0.4, 0.5) is 8.78 Å². The Morgan fingerprint density at radius 1 is 1.14 bits per heavy atom. The van der Waals surface area contributed by atoms with Gasteiger partial charge in [-0.15, -0.1) is 0 Å². The lowest BCUT2D eigenvalue weighted by atomic mass is 9.94. The second kappa shape index (κ2) is 13.7. The van der Waals surface area contributed by atoms with Crippen molar-refractivity contribution in [1.82, 2.24) is 20.1 Å². The number of benzene rings is 1. The fourth-order valence-electron chi connectivity index (χ4n) is 5.78. The third-order valence-corrected chi connectivity index (χ3v) is 8.48. The molecule has 1 aromatic heterocycles. The molecule has 0 spiro atoms. The number of nitrogens with one attached hydrogen (secondary N) is 1. The number of carbonyl (C=O) groups is 3. The van der Waals surface area contributed by atoms with Crippen molar-refractivity contribution in [2.24, 2.45) is 5.92 Å². The molecule has 43 heavy (non-hydrogen) atoms. The van der Waals surface area contributed by atoms with Crippen molar-refractivity contribution in [2.75, 3.05) is 20.2 Å². The van der Waals surface area contributed by atoms with Gasteiger partial charge in [-0.25, -0.2) is 4.98 Å². The molecule has 9 nitrogen and oxygen atoms in total. The summed E-state index contributed by atoms with van der Waals surface area (Å²) in [5.41, 5.74) is 1.48. The molecule has 1 saturated heterocycles. The fourth-order valence-corrected chi connectivity index (χ4v) is 5.78.